The Morgan fingerprint density at radius 3 is 1.51 bits per heavy atom. The molecule has 2 aromatic heterocycles. The molecular formula is C80H55N3. The third-order valence-electron chi connectivity index (χ3n) is 17.2. The number of hydrogen-bond acceptors (Lipinski definition) is 1. The molecule has 1 aliphatic heterocycles. The van der Waals surface area contributed by atoms with Crippen molar-refractivity contribution in [3.05, 3.63) is 332 Å². The molecule has 16 rings (SSSR count). The van der Waals surface area contributed by atoms with Gasteiger partial charge in [-0.05, 0) is 139 Å². The van der Waals surface area contributed by atoms with Crippen LogP contribution in [0.2, 0.25) is 0 Å². The molecule has 0 N–H and O–H groups in total. The van der Waals surface area contributed by atoms with Crippen molar-refractivity contribution >= 4 is 60.7 Å². The molecule has 13 aromatic carbocycles. The predicted octanol–water partition coefficient (Wildman–Crippen LogP) is 21.2. The topological polar surface area (TPSA) is 13.1 Å². The molecule has 3 heteroatoms. The number of hydrogen-bond donors (Lipinski definition) is 0. The summed E-state index contributed by atoms with van der Waals surface area (Å²) in [4.78, 5) is 2.44. The molecule has 0 aliphatic carbocycles. The lowest BCUT2D eigenvalue weighted by Gasteiger charge is -2.28. The summed E-state index contributed by atoms with van der Waals surface area (Å²) in [6.07, 6.45) is 1.58. The predicted molar refractivity (Wildman–Crippen MR) is 349 cm³/mol. The van der Waals surface area contributed by atoms with E-state index in [9.17, 15) is 0 Å². The molecule has 0 radical (unpaired) electrons. The molecule has 3 nitrogen and oxygen atoms in total. The number of benzene rings is 13. The van der Waals surface area contributed by atoms with Crippen LogP contribution in [0, 0.1) is 0 Å². The van der Waals surface area contributed by atoms with Crippen molar-refractivity contribution in [2.75, 3.05) is 4.90 Å². The van der Waals surface area contributed by atoms with Gasteiger partial charge in [0.15, 0.2) is 0 Å². The summed E-state index contributed by atoms with van der Waals surface area (Å²) < 4.78 is 4.94. The maximum Gasteiger partial charge on any atom is 0.0576 e. The number of anilines is 3. The Bertz CT molecular complexity index is 4910. The fourth-order valence-electron chi connectivity index (χ4n) is 13.4. The summed E-state index contributed by atoms with van der Waals surface area (Å²) in [5.74, 6) is 0. The molecule has 0 atom stereocenters. The quantitative estimate of drug-likeness (QED) is 0.148. The van der Waals surface area contributed by atoms with Crippen molar-refractivity contribution in [1.29, 1.82) is 0 Å². The van der Waals surface area contributed by atoms with E-state index in [1.807, 2.05) is 0 Å². The highest BCUT2D eigenvalue weighted by Crippen LogP contribution is 2.45. The lowest BCUT2D eigenvalue weighted by molar-refractivity contribution is 1.09. The molecule has 15 aromatic rings. The standard InChI is InChI=1S/C80H55N3/c1-2-19-54(20-3-1)55-39-41-57(42-40-55)70-29-7-12-35-76(70)81(65-46-43-56(44-47-65)58-23-16-27-67(52-58)82-77-36-13-8-30-71(77)72-31-9-14-37-78(72)82)66-26-17-24-59(53-66)60-45-48-69-64(49-60)51-62-22-5-11-34-75(62)83-79-38-15-10-32-73(79)74-33-18-25-63(80(74)83)50-61-21-4-6-28-68(61)69/h1-49,52-53H,50-51H2. The lowest BCUT2D eigenvalue weighted by Crippen LogP contribution is -2.11. The van der Waals surface area contributed by atoms with Crippen LogP contribution in [-0.4, -0.2) is 9.13 Å². The van der Waals surface area contributed by atoms with Gasteiger partial charge in [-0.3, -0.25) is 0 Å². The molecular weight excluding hydrogens is 1000 g/mol. The van der Waals surface area contributed by atoms with E-state index in [0.29, 0.717) is 0 Å². The molecule has 0 spiro atoms. The highest BCUT2D eigenvalue weighted by Gasteiger charge is 2.23. The highest BCUT2D eigenvalue weighted by molar-refractivity contribution is 6.11. The van der Waals surface area contributed by atoms with Gasteiger partial charge >= 0.3 is 0 Å². The largest absolute Gasteiger partial charge is 0.310 e. The van der Waals surface area contributed by atoms with Crippen molar-refractivity contribution in [3.8, 4) is 67.0 Å². The van der Waals surface area contributed by atoms with Crippen molar-refractivity contribution in [2.45, 2.75) is 12.8 Å². The van der Waals surface area contributed by atoms with Crippen molar-refractivity contribution in [1.82, 2.24) is 9.13 Å². The zero-order valence-electron chi connectivity index (χ0n) is 45.7. The van der Waals surface area contributed by atoms with Gasteiger partial charge in [-0.25, -0.2) is 0 Å². The second-order valence-corrected chi connectivity index (χ2v) is 22.0. The van der Waals surface area contributed by atoms with Gasteiger partial charge in [0.25, 0.3) is 0 Å². The summed E-state index contributed by atoms with van der Waals surface area (Å²) in [5, 5.41) is 5.09. The second-order valence-electron chi connectivity index (χ2n) is 22.0. The number of aromatic nitrogens is 2. The molecule has 0 saturated heterocycles. The first kappa shape index (κ1) is 48.2. The zero-order valence-corrected chi connectivity index (χ0v) is 45.7. The summed E-state index contributed by atoms with van der Waals surface area (Å²) in [6.45, 7) is 0. The Morgan fingerprint density at radius 1 is 0.253 bits per heavy atom. The number of rotatable bonds is 8. The molecule has 1 aliphatic rings. The minimum absolute atomic E-state index is 0.764. The van der Waals surface area contributed by atoms with Gasteiger partial charge in [-0.2, -0.15) is 0 Å². The van der Waals surface area contributed by atoms with Gasteiger partial charge in [0, 0.05) is 62.7 Å². The van der Waals surface area contributed by atoms with E-state index < -0.39 is 0 Å². The highest BCUT2D eigenvalue weighted by atomic mass is 15.1. The summed E-state index contributed by atoms with van der Waals surface area (Å²) in [5.41, 5.74) is 27.7. The number of fused-ring (bicyclic) bond motifs is 11. The van der Waals surface area contributed by atoms with Crippen LogP contribution in [-0.2, 0) is 12.8 Å². The van der Waals surface area contributed by atoms with Gasteiger partial charge in [-0.15, -0.1) is 0 Å². The molecule has 390 valence electrons. The first-order chi connectivity index (χ1) is 41.2. The van der Waals surface area contributed by atoms with Crippen LogP contribution in [0.4, 0.5) is 17.1 Å². The van der Waals surface area contributed by atoms with Crippen LogP contribution in [0.15, 0.2) is 309 Å². The summed E-state index contributed by atoms with van der Waals surface area (Å²) in [7, 11) is 0. The van der Waals surface area contributed by atoms with Gasteiger partial charge in [-0.1, -0.05) is 243 Å². The van der Waals surface area contributed by atoms with E-state index in [-0.39, 0.29) is 0 Å². The Balaban J connectivity index is 0.825. The Morgan fingerprint density at radius 2 is 0.735 bits per heavy atom. The second kappa shape index (κ2) is 20.1. The zero-order chi connectivity index (χ0) is 54.8. The van der Waals surface area contributed by atoms with Gasteiger partial charge in [0.05, 0.1) is 27.8 Å². The first-order valence-electron chi connectivity index (χ1n) is 28.8. The average Bonchev–Trinajstić information content (AvgIpc) is 2.80. The molecule has 83 heavy (non-hydrogen) atoms. The molecule has 0 fully saturated rings. The van der Waals surface area contributed by atoms with E-state index in [1.54, 1.807) is 0 Å². The SMILES string of the molecule is c1ccc(-c2ccc(-c3ccccc3N(c3ccc(-c4cccc(-n5c6ccccc6c6ccccc65)c4)cc3)c3cccc(-c4ccc5c(c4)Cc4ccccc4-n4c6ccccc6c6cccc(c64)Cc4ccccc4-5)c3)cc2)cc1. The summed E-state index contributed by atoms with van der Waals surface area (Å²) in [6, 6.07) is 114. The molecule has 0 amide bonds. The normalized spacial score (nSPS) is 12.0. The third-order valence-corrected chi connectivity index (χ3v) is 17.2. The minimum Gasteiger partial charge on any atom is -0.310 e. The Kier molecular flexibility index (Phi) is 11.7. The van der Waals surface area contributed by atoms with Crippen LogP contribution < -0.4 is 4.90 Å². The maximum absolute atomic E-state index is 2.54. The van der Waals surface area contributed by atoms with Crippen LogP contribution in [0.25, 0.3) is 111 Å². The molecule has 3 heterocycles. The van der Waals surface area contributed by atoms with Gasteiger partial charge in [0.2, 0.25) is 0 Å². The van der Waals surface area contributed by atoms with Gasteiger partial charge in [0.1, 0.15) is 0 Å². The monoisotopic (exact) mass is 1060 g/mol. The summed E-state index contributed by atoms with van der Waals surface area (Å²) >= 11 is 0. The number of para-hydroxylation sites is 6. The molecule has 0 unspecified atom stereocenters. The van der Waals surface area contributed by atoms with Crippen LogP contribution in [0.1, 0.15) is 22.3 Å². The smallest absolute Gasteiger partial charge is 0.0576 e. The van der Waals surface area contributed by atoms with E-state index >= 15 is 0 Å². The molecule has 0 bridgehead atoms. The lowest BCUT2D eigenvalue weighted by atomic mass is 9.88. The van der Waals surface area contributed by atoms with Crippen LogP contribution in [0.3, 0.4) is 0 Å². The van der Waals surface area contributed by atoms with E-state index in [0.717, 1.165) is 63.4 Å². The Labute approximate surface area is 483 Å². The fraction of sp³-hybridized carbons (Fsp3) is 0.0250. The fourth-order valence-corrected chi connectivity index (χ4v) is 13.4. The van der Waals surface area contributed by atoms with E-state index in [1.165, 1.54) is 99.4 Å². The first-order valence-corrected chi connectivity index (χ1v) is 28.8. The average molecular weight is 1060 g/mol. The van der Waals surface area contributed by atoms with Crippen molar-refractivity contribution in [2.24, 2.45) is 0 Å². The van der Waals surface area contributed by atoms with Crippen LogP contribution >= 0.6 is 0 Å². The Hall–Kier alpha value is -10.7. The third kappa shape index (κ3) is 8.36. The van der Waals surface area contributed by atoms with E-state index in [4.69, 9.17) is 0 Å². The maximum atomic E-state index is 2.54. The van der Waals surface area contributed by atoms with Gasteiger partial charge < -0.3 is 14.0 Å². The van der Waals surface area contributed by atoms with E-state index in [2.05, 4.69) is 323 Å². The minimum atomic E-state index is 0.764. The van der Waals surface area contributed by atoms with Crippen molar-refractivity contribution in [3.63, 3.8) is 0 Å². The molecule has 0 saturated carbocycles. The van der Waals surface area contributed by atoms with Crippen molar-refractivity contribution < 1.29 is 0 Å². The van der Waals surface area contributed by atoms with Crippen LogP contribution in [0.5, 0.6) is 0 Å². The number of nitrogens with zero attached hydrogens (tertiary/aromatic N) is 3.